The van der Waals surface area contributed by atoms with E-state index in [0.29, 0.717) is 25.3 Å². The number of carbonyl (C=O) groups is 1. The summed E-state index contributed by atoms with van der Waals surface area (Å²) >= 11 is 11.9. The molecule has 0 radical (unpaired) electrons. The number of hydrogen-bond donors (Lipinski definition) is 1. The van der Waals surface area contributed by atoms with Gasteiger partial charge >= 0.3 is 0 Å². The van der Waals surface area contributed by atoms with Gasteiger partial charge in [-0.15, -0.1) is 23.2 Å². The zero-order chi connectivity index (χ0) is 15.0. The molecule has 1 amide bonds. The molecule has 0 spiro atoms. The van der Waals surface area contributed by atoms with E-state index in [0.717, 1.165) is 0 Å². The van der Waals surface area contributed by atoms with Gasteiger partial charge in [-0.3, -0.25) is 9.59 Å². The van der Waals surface area contributed by atoms with Crippen molar-refractivity contribution in [1.29, 1.82) is 0 Å². The van der Waals surface area contributed by atoms with Gasteiger partial charge in [-0.1, -0.05) is 0 Å². The van der Waals surface area contributed by atoms with Crippen LogP contribution in [0.1, 0.15) is 13.3 Å². The number of amides is 1. The maximum Gasteiger partial charge on any atom is 0.250 e. The summed E-state index contributed by atoms with van der Waals surface area (Å²) < 4.78 is 5.39. The third-order valence-electron chi connectivity index (χ3n) is 3.54. The van der Waals surface area contributed by atoms with Crippen LogP contribution in [0.3, 0.4) is 0 Å². The van der Waals surface area contributed by atoms with Crippen molar-refractivity contribution >= 4 is 34.8 Å². The Bertz CT molecular complexity index is 585. The number of nitrogens with one attached hydrogen (secondary N) is 1. The predicted octanol–water partition coefficient (Wildman–Crippen LogP) is 2.02. The molecule has 1 fully saturated rings. The van der Waals surface area contributed by atoms with Gasteiger partial charge in [0.25, 0.3) is 5.56 Å². The molecule has 1 aromatic rings. The lowest BCUT2D eigenvalue weighted by Gasteiger charge is -2.13. The molecule has 2 rings (SSSR count). The Kier molecular flexibility index (Phi) is 4.14. The second-order valence-corrected chi connectivity index (χ2v) is 6.59. The molecule has 1 heterocycles. The third-order valence-corrected chi connectivity index (χ3v) is 4.64. The van der Waals surface area contributed by atoms with E-state index in [1.54, 1.807) is 26.3 Å². The number of alkyl halides is 2. The number of rotatable bonds is 5. The largest absolute Gasteiger partial charge is 0.383 e. The zero-order valence-electron chi connectivity index (χ0n) is 11.3. The van der Waals surface area contributed by atoms with Gasteiger partial charge in [0.1, 0.15) is 4.33 Å². The van der Waals surface area contributed by atoms with Crippen LogP contribution in [0.15, 0.2) is 23.1 Å². The molecular formula is C13H16Cl2N2O3. The van der Waals surface area contributed by atoms with E-state index in [1.807, 2.05) is 0 Å². The van der Waals surface area contributed by atoms with Crippen LogP contribution in [0.5, 0.6) is 0 Å². The molecule has 1 aliphatic carbocycles. The van der Waals surface area contributed by atoms with Gasteiger partial charge in [0.2, 0.25) is 5.91 Å². The average molecular weight is 319 g/mol. The summed E-state index contributed by atoms with van der Waals surface area (Å²) in [6.45, 7) is 2.55. The van der Waals surface area contributed by atoms with E-state index in [2.05, 4.69) is 5.32 Å². The monoisotopic (exact) mass is 318 g/mol. The Morgan fingerprint density at radius 3 is 2.70 bits per heavy atom. The molecule has 1 aliphatic rings. The van der Waals surface area contributed by atoms with Crippen LogP contribution in [0, 0.1) is 5.41 Å². The first-order chi connectivity index (χ1) is 9.30. The quantitative estimate of drug-likeness (QED) is 0.845. The Hall–Kier alpha value is -1.04. The third kappa shape index (κ3) is 2.85. The standard InChI is InChI=1S/C13H16Cl2N2O3/c1-12(8-13(12,14)15)11(19)16-9-3-4-10(18)17(7-9)5-6-20-2/h3-4,7H,5-6,8H2,1-2H3,(H,16,19)/t12-/m0/s1. The summed E-state index contributed by atoms with van der Waals surface area (Å²) in [6, 6.07) is 2.95. The second-order valence-electron chi connectivity index (χ2n) is 5.11. The van der Waals surface area contributed by atoms with Crippen LogP contribution in [-0.4, -0.2) is 28.5 Å². The number of nitrogens with zero attached hydrogens (tertiary/aromatic N) is 1. The number of anilines is 1. The molecule has 0 aromatic carbocycles. The van der Waals surface area contributed by atoms with Crippen molar-refractivity contribution in [1.82, 2.24) is 4.57 Å². The molecule has 0 unspecified atom stereocenters. The minimum atomic E-state index is -1.01. The van der Waals surface area contributed by atoms with Crippen molar-refractivity contribution < 1.29 is 9.53 Å². The van der Waals surface area contributed by atoms with Crippen molar-refractivity contribution in [2.24, 2.45) is 5.41 Å². The van der Waals surface area contributed by atoms with Gasteiger partial charge in [-0.2, -0.15) is 0 Å². The lowest BCUT2D eigenvalue weighted by atomic mass is 10.1. The number of pyridine rings is 1. The minimum absolute atomic E-state index is 0.151. The molecule has 1 atom stereocenters. The number of methoxy groups -OCH3 is 1. The number of hydrogen-bond acceptors (Lipinski definition) is 3. The minimum Gasteiger partial charge on any atom is -0.383 e. The first-order valence-corrected chi connectivity index (χ1v) is 6.94. The lowest BCUT2D eigenvalue weighted by molar-refractivity contribution is -0.120. The predicted molar refractivity (Wildman–Crippen MR) is 78.4 cm³/mol. The van der Waals surface area contributed by atoms with Gasteiger partial charge in [0, 0.05) is 25.9 Å². The second kappa shape index (κ2) is 5.39. The molecule has 1 saturated carbocycles. The van der Waals surface area contributed by atoms with Gasteiger partial charge in [-0.25, -0.2) is 0 Å². The van der Waals surface area contributed by atoms with Crippen LogP contribution < -0.4 is 10.9 Å². The number of carbonyl (C=O) groups excluding carboxylic acids is 1. The maximum absolute atomic E-state index is 12.1. The molecule has 7 heteroatoms. The summed E-state index contributed by atoms with van der Waals surface area (Å²) in [5.74, 6) is -0.251. The first-order valence-electron chi connectivity index (χ1n) is 6.19. The highest BCUT2D eigenvalue weighted by molar-refractivity contribution is 6.53. The van der Waals surface area contributed by atoms with Gasteiger partial charge < -0.3 is 14.6 Å². The molecule has 1 aromatic heterocycles. The van der Waals surface area contributed by atoms with Crippen molar-refractivity contribution in [2.45, 2.75) is 24.2 Å². The van der Waals surface area contributed by atoms with Gasteiger partial charge in [0.15, 0.2) is 0 Å². The van der Waals surface area contributed by atoms with Gasteiger partial charge in [-0.05, 0) is 19.4 Å². The Balaban J connectivity index is 2.11. The van der Waals surface area contributed by atoms with Crippen molar-refractivity contribution in [2.75, 3.05) is 19.0 Å². The van der Waals surface area contributed by atoms with E-state index in [1.165, 1.54) is 10.6 Å². The SMILES string of the molecule is COCCn1cc(NC(=O)[C@]2(C)CC2(Cl)Cl)ccc1=O. The summed E-state index contributed by atoms with van der Waals surface area (Å²) in [5, 5.41) is 2.74. The van der Waals surface area contributed by atoms with Crippen LogP contribution in [-0.2, 0) is 16.1 Å². The van der Waals surface area contributed by atoms with Crippen LogP contribution in [0.2, 0.25) is 0 Å². The van der Waals surface area contributed by atoms with E-state index in [4.69, 9.17) is 27.9 Å². The Labute approximate surface area is 126 Å². The molecule has 110 valence electrons. The first kappa shape index (κ1) is 15.4. The summed E-state index contributed by atoms with van der Waals surface area (Å²) in [4.78, 5) is 23.8. The van der Waals surface area contributed by atoms with Crippen LogP contribution >= 0.6 is 23.2 Å². The number of ether oxygens (including phenoxy) is 1. The lowest BCUT2D eigenvalue weighted by Crippen LogP contribution is -2.27. The van der Waals surface area contributed by atoms with Crippen molar-refractivity contribution in [3.05, 3.63) is 28.7 Å². The van der Waals surface area contributed by atoms with Crippen molar-refractivity contribution in [3.63, 3.8) is 0 Å². The highest BCUT2D eigenvalue weighted by Gasteiger charge is 2.67. The normalized spacial score (nSPS) is 23.4. The van der Waals surface area contributed by atoms with Crippen molar-refractivity contribution in [3.8, 4) is 0 Å². The highest BCUT2D eigenvalue weighted by atomic mass is 35.5. The zero-order valence-corrected chi connectivity index (χ0v) is 12.8. The fraction of sp³-hybridized carbons (Fsp3) is 0.538. The highest BCUT2D eigenvalue weighted by Crippen LogP contribution is 2.64. The fourth-order valence-corrected chi connectivity index (χ4v) is 2.59. The topological polar surface area (TPSA) is 60.3 Å². The molecule has 1 N–H and O–H groups in total. The summed E-state index contributed by atoms with van der Waals surface area (Å²) in [7, 11) is 1.56. The molecule has 0 bridgehead atoms. The van der Waals surface area contributed by atoms with E-state index in [-0.39, 0.29) is 11.5 Å². The van der Waals surface area contributed by atoms with E-state index >= 15 is 0 Å². The van der Waals surface area contributed by atoms with E-state index in [9.17, 15) is 9.59 Å². The molecule has 5 nitrogen and oxygen atoms in total. The van der Waals surface area contributed by atoms with Crippen LogP contribution in [0.25, 0.3) is 0 Å². The summed E-state index contributed by atoms with van der Waals surface area (Å²) in [6.07, 6.45) is 1.99. The molecule has 0 aliphatic heterocycles. The average Bonchev–Trinajstić information content (AvgIpc) is 2.90. The summed E-state index contributed by atoms with van der Waals surface area (Å²) in [5.41, 5.74) is -0.409. The number of halogens is 2. The molecule has 20 heavy (non-hydrogen) atoms. The fourth-order valence-electron chi connectivity index (χ4n) is 1.88. The van der Waals surface area contributed by atoms with Crippen LogP contribution in [0.4, 0.5) is 5.69 Å². The Morgan fingerprint density at radius 2 is 2.15 bits per heavy atom. The molecule has 0 saturated heterocycles. The number of aromatic nitrogens is 1. The molecular weight excluding hydrogens is 303 g/mol. The smallest absolute Gasteiger partial charge is 0.250 e. The van der Waals surface area contributed by atoms with E-state index < -0.39 is 9.75 Å². The maximum atomic E-state index is 12.1. The Morgan fingerprint density at radius 1 is 1.50 bits per heavy atom. The van der Waals surface area contributed by atoms with Gasteiger partial charge in [0.05, 0.1) is 17.7 Å².